The molecule has 0 bridgehead atoms. The first-order chi connectivity index (χ1) is 13.5. The zero-order valence-corrected chi connectivity index (χ0v) is 16.7. The van der Waals surface area contributed by atoms with Crippen LogP contribution in [0.2, 0.25) is 0 Å². The Morgan fingerprint density at radius 3 is 1.79 bits per heavy atom. The largest absolute Gasteiger partial charge is 0.512 e. The molecule has 0 aromatic carbocycles. The second-order valence-corrected chi connectivity index (χ2v) is 6.04. The first-order valence-electron chi connectivity index (χ1n) is 8.44. The van der Waals surface area contributed by atoms with Gasteiger partial charge in [-0.1, -0.05) is 6.58 Å². The molecule has 1 rings (SSSR count). The molecule has 1 fully saturated rings. The fraction of sp³-hybridized carbons (Fsp3) is 0.556. The summed E-state index contributed by atoms with van der Waals surface area (Å²) in [5, 5.41) is 9.35. The van der Waals surface area contributed by atoms with Crippen molar-refractivity contribution in [1.82, 2.24) is 0 Å². The Labute approximate surface area is 167 Å². The van der Waals surface area contributed by atoms with Crippen LogP contribution in [0.15, 0.2) is 24.2 Å². The third-order valence-corrected chi connectivity index (χ3v) is 3.47. The predicted octanol–water partition coefficient (Wildman–Crippen LogP) is 0.671. The molecule has 0 amide bonds. The summed E-state index contributed by atoms with van der Waals surface area (Å²) >= 11 is 0. The van der Waals surface area contributed by atoms with Crippen molar-refractivity contribution in [3.05, 3.63) is 24.2 Å². The molecule has 11 heteroatoms. The Balaban J connectivity index is 3.41. The molecule has 0 saturated carbocycles. The van der Waals surface area contributed by atoms with Crippen molar-refractivity contribution in [1.29, 1.82) is 0 Å². The highest BCUT2D eigenvalue weighted by molar-refractivity contribution is 5.77. The van der Waals surface area contributed by atoms with Gasteiger partial charge >= 0.3 is 23.9 Å². The van der Waals surface area contributed by atoms with E-state index in [1.54, 1.807) is 0 Å². The average molecular weight is 416 g/mol. The Morgan fingerprint density at radius 1 is 0.862 bits per heavy atom. The van der Waals surface area contributed by atoms with E-state index in [4.69, 9.17) is 23.7 Å². The van der Waals surface area contributed by atoms with Crippen molar-refractivity contribution in [3.8, 4) is 0 Å². The number of carbonyl (C=O) groups excluding carboxylic acids is 4. The summed E-state index contributed by atoms with van der Waals surface area (Å²) in [7, 11) is 1.07. The molecule has 1 aliphatic rings. The van der Waals surface area contributed by atoms with E-state index in [1.807, 2.05) is 0 Å². The minimum atomic E-state index is -1.57. The summed E-state index contributed by atoms with van der Waals surface area (Å²) in [6.07, 6.45) is -6.34. The van der Waals surface area contributed by atoms with Gasteiger partial charge in [-0.2, -0.15) is 0 Å². The van der Waals surface area contributed by atoms with Gasteiger partial charge in [0.25, 0.3) is 0 Å². The predicted molar refractivity (Wildman–Crippen MR) is 93.9 cm³/mol. The van der Waals surface area contributed by atoms with Crippen molar-refractivity contribution in [2.75, 3.05) is 7.11 Å². The molecule has 0 radical (unpaired) electrons. The molecule has 29 heavy (non-hydrogen) atoms. The van der Waals surface area contributed by atoms with Crippen LogP contribution in [0.4, 0.5) is 0 Å². The van der Waals surface area contributed by atoms with Crippen LogP contribution >= 0.6 is 0 Å². The van der Waals surface area contributed by atoms with Crippen LogP contribution in [-0.2, 0) is 47.6 Å². The van der Waals surface area contributed by atoms with E-state index in [-0.39, 0.29) is 11.5 Å². The van der Waals surface area contributed by atoms with Gasteiger partial charge in [-0.3, -0.25) is 14.4 Å². The summed E-state index contributed by atoms with van der Waals surface area (Å²) in [6.45, 7) is 8.14. The number of aliphatic hydroxyl groups excluding tert-OH is 1. The van der Waals surface area contributed by atoms with E-state index in [9.17, 15) is 24.3 Å². The topological polar surface area (TPSA) is 144 Å². The smallest absolute Gasteiger partial charge is 0.339 e. The van der Waals surface area contributed by atoms with E-state index in [2.05, 4.69) is 11.3 Å². The molecule has 162 valence electrons. The SMILES string of the molecule is C=C(/C=C(/C)O)O[C@@H]1OC(C(=O)OC)[C@@H](OC(C)=O)[C@H](OC(C)=O)[C@H]1OC(C)=O. The molecular weight excluding hydrogens is 392 g/mol. The molecule has 0 spiro atoms. The van der Waals surface area contributed by atoms with E-state index in [0.29, 0.717) is 0 Å². The van der Waals surface area contributed by atoms with Crippen LogP contribution in [0.5, 0.6) is 0 Å². The van der Waals surface area contributed by atoms with Gasteiger partial charge < -0.3 is 33.5 Å². The van der Waals surface area contributed by atoms with Gasteiger partial charge in [0.15, 0.2) is 18.3 Å². The number of allylic oxidation sites excluding steroid dienone is 2. The lowest BCUT2D eigenvalue weighted by Crippen LogP contribution is -2.63. The highest BCUT2D eigenvalue weighted by atomic mass is 16.7. The molecule has 5 atom stereocenters. The highest BCUT2D eigenvalue weighted by Crippen LogP contribution is 2.31. The number of carbonyl (C=O) groups is 4. The maximum atomic E-state index is 12.2. The zero-order valence-electron chi connectivity index (χ0n) is 16.7. The quantitative estimate of drug-likeness (QED) is 0.271. The summed E-state index contributed by atoms with van der Waals surface area (Å²) in [4.78, 5) is 47.0. The number of rotatable bonds is 7. The number of aliphatic hydroxyl groups is 1. The van der Waals surface area contributed by atoms with Crippen LogP contribution < -0.4 is 0 Å². The van der Waals surface area contributed by atoms with E-state index in [1.165, 1.54) is 6.92 Å². The van der Waals surface area contributed by atoms with Crippen molar-refractivity contribution >= 4 is 23.9 Å². The van der Waals surface area contributed by atoms with Crippen molar-refractivity contribution < 1.29 is 52.7 Å². The molecule has 1 unspecified atom stereocenters. The summed E-state index contributed by atoms with van der Waals surface area (Å²) in [5.41, 5.74) is 0. The minimum Gasteiger partial charge on any atom is -0.512 e. The summed E-state index contributed by atoms with van der Waals surface area (Å²) in [6, 6.07) is 0. The number of esters is 4. The number of hydrogen-bond donors (Lipinski definition) is 1. The maximum Gasteiger partial charge on any atom is 0.339 e. The molecule has 0 aromatic rings. The Kier molecular flexibility index (Phi) is 8.64. The van der Waals surface area contributed by atoms with Crippen LogP contribution in [0, 0.1) is 0 Å². The van der Waals surface area contributed by atoms with Gasteiger partial charge in [-0.05, 0) is 6.92 Å². The second-order valence-electron chi connectivity index (χ2n) is 6.04. The van der Waals surface area contributed by atoms with Crippen molar-refractivity contribution in [2.45, 2.75) is 58.4 Å². The third-order valence-electron chi connectivity index (χ3n) is 3.47. The lowest BCUT2D eigenvalue weighted by molar-refractivity contribution is -0.292. The second kappa shape index (κ2) is 10.5. The first kappa shape index (κ1) is 24.0. The summed E-state index contributed by atoms with van der Waals surface area (Å²) < 4.78 is 31.1. The summed E-state index contributed by atoms with van der Waals surface area (Å²) in [5.74, 6) is -3.62. The number of ether oxygens (including phenoxy) is 6. The van der Waals surface area contributed by atoms with Gasteiger partial charge in [-0.15, -0.1) is 0 Å². The van der Waals surface area contributed by atoms with Gasteiger partial charge in [0.2, 0.25) is 12.4 Å². The van der Waals surface area contributed by atoms with Gasteiger partial charge in [0, 0.05) is 26.8 Å². The van der Waals surface area contributed by atoms with E-state index < -0.39 is 54.6 Å². The van der Waals surface area contributed by atoms with E-state index in [0.717, 1.165) is 34.0 Å². The van der Waals surface area contributed by atoms with Crippen molar-refractivity contribution in [2.24, 2.45) is 0 Å². The molecule has 0 aromatic heterocycles. The maximum absolute atomic E-state index is 12.2. The molecular formula is C18H24O11. The standard InChI is InChI=1S/C18H24O11/c1-8(19)7-9(2)25-18-16(28-12(5)22)14(27-11(4)21)13(26-10(3)20)15(29-18)17(23)24-6/h7,13-16,18-19H,2H2,1,3-6H3/b8-7-/t13-,14-,15?,16+,18+/m0/s1. The fourth-order valence-electron chi connectivity index (χ4n) is 2.59. The molecule has 1 aliphatic heterocycles. The number of hydrogen-bond acceptors (Lipinski definition) is 11. The van der Waals surface area contributed by atoms with Gasteiger partial charge in [0.1, 0.15) is 5.76 Å². The van der Waals surface area contributed by atoms with Crippen LogP contribution in [0.1, 0.15) is 27.7 Å². The fourth-order valence-corrected chi connectivity index (χ4v) is 2.59. The first-order valence-corrected chi connectivity index (χ1v) is 8.44. The molecule has 1 heterocycles. The molecule has 1 saturated heterocycles. The molecule has 0 aliphatic carbocycles. The third kappa shape index (κ3) is 7.11. The minimum absolute atomic E-state index is 0.108. The molecule has 11 nitrogen and oxygen atoms in total. The van der Waals surface area contributed by atoms with Crippen molar-refractivity contribution in [3.63, 3.8) is 0 Å². The van der Waals surface area contributed by atoms with Crippen LogP contribution in [0.25, 0.3) is 0 Å². The zero-order chi connectivity index (χ0) is 22.3. The Morgan fingerprint density at radius 2 is 1.34 bits per heavy atom. The van der Waals surface area contributed by atoms with Crippen LogP contribution in [0.3, 0.4) is 0 Å². The lowest BCUT2D eigenvalue weighted by atomic mass is 9.97. The van der Waals surface area contributed by atoms with Gasteiger partial charge in [-0.25, -0.2) is 4.79 Å². The van der Waals surface area contributed by atoms with Crippen LogP contribution in [-0.4, -0.2) is 66.8 Å². The molecule has 1 N–H and O–H groups in total. The lowest BCUT2D eigenvalue weighted by Gasteiger charge is -2.43. The Bertz CT molecular complexity index is 692. The Hall–Kier alpha value is -3.08. The monoisotopic (exact) mass is 416 g/mol. The average Bonchev–Trinajstić information content (AvgIpc) is 2.57. The highest BCUT2D eigenvalue weighted by Gasteiger charge is 2.55. The van der Waals surface area contributed by atoms with E-state index >= 15 is 0 Å². The number of methoxy groups -OCH3 is 1. The normalized spacial score (nSPS) is 26.7. The van der Waals surface area contributed by atoms with Gasteiger partial charge in [0.05, 0.1) is 12.9 Å².